The summed E-state index contributed by atoms with van der Waals surface area (Å²) in [5, 5.41) is 0. The maximum absolute atomic E-state index is 14.3. The Bertz CT molecular complexity index is 1080. The minimum atomic E-state index is -0.917. The second kappa shape index (κ2) is 21.9. The van der Waals surface area contributed by atoms with E-state index in [1.54, 1.807) is 0 Å². The van der Waals surface area contributed by atoms with Gasteiger partial charge in [0.25, 0.3) is 0 Å². The number of hydrogen-bond donors (Lipinski definition) is 0. The summed E-state index contributed by atoms with van der Waals surface area (Å²) >= 11 is 0. The third kappa shape index (κ3) is 14.5. The molecule has 0 spiro atoms. The molecule has 0 saturated heterocycles. The summed E-state index contributed by atoms with van der Waals surface area (Å²) in [4.78, 5) is 9.22. The molecule has 1 heterocycles. The van der Waals surface area contributed by atoms with E-state index in [-0.39, 0.29) is 6.61 Å². The van der Waals surface area contributed by atoms with Gasteiger partial charge in [0.15, 0.2) is 5.82 Å². The quantitative estimate of drug-likeness (QED) is 0.0976. The molecule has 3 aromatic rings. The molecule has 0 bridgehead atoms. The minimum absolute atomic E-state index is 0.110. The molecule has 0 amide bonds. The molecule has 2 aromatic carbocycles. The van der Waals surface area contributed by atoms with E-state index in [9.17, 15) is 4.39 Å². The SMILES string of the molecule is CCCCCCCCCCCCc1ccc(-c2cnc(-c3ccc(OCC(F)CCCCCCCCC)cc3)nc2)cc1. The molecule has 1 aromatic heterocycles. The largest absolute Gasteiger partial charge is 0.491 e. The molecular weight excluding hydrogens is 531 g/mol. The number of rotatable bonds is 24. The molecule has 0 saturated carbocycles. The van der Waals surface area contributed by atoms with Crippen molar-refractivity contribution in [1.82, 2.24) is 9.97 Å². The minimum Gasteiger partial charge on any atom is -0.491 e. The summed E-state index contributed by atoms with van der Waals surface area (Å²) < 4.78 is 20.0. The topological polar surface area (TPSA) is 35.0 Å². The smallest absolute Gasteiger partial charge is 0.159 e. The first kappa shape index (κ1) is 34.7. The lowest BCUT2D eigenvalue weighted by atomic mass is 10.0. The van der Waals surface area contributed by atoms with E-state index in [0.717, 1.165) is 36.0 Å². The van der Waals surface area contributed by atoms with Crippen molar-refractivity contribution in [2.24, 2.45) is 0 Å². The number of hydrogen-bond acceptors (Lipinski definition) is 3. The van der Waals surface area contributed by atoms with Gasteiger partial charge >= 0.3 is 0 Å². The highest BCUT2D eigenvalue weighted by Crippen LogP contribution is 2.24. The predicted molar refractivity (Wildman–Crippen MR) is 181 cm³/mol. The Hall–Kier alpha value is -2.75. The first-order valence-electron chi connectivity index (χ1n) is 17.5. The van der Waals surface area contributed by atoms with Crippen LogP contribution < -0.4 is 4.74 Å². The molecule has 4 heteroatoms. The highest BCUT2D eigenvalue weighted by atomic mass is 19.1. The zero-order valence-corrected chi connectivity index (χ0v) is 27.2. The van der Waals surface area contributed by atoms with E-state index in [0.29, 0.717) is 18.0 Å². The summed E-state index contributed by atoms with van der Waals surface area (Å²) in [5.74, 6) is 1.36. The molecule has 1 unspecified atom stereocenters. The maximum atomic E-state index is 14.3. The van der Waals surface area contributed by atoms with Crippen molar-refractivity contribution < 1.29 is 9.13 Å². The third-order valence-corrected chi connectivity index (χ3v) is 8.42. The van der Waals surface area contributed by atoms with Gasteiger partial charge in [-0.15, -0.1) is 0 Å². The van der Waals surface area contributed by atoms with Crippen molar-refractivity contribution in [2.45, 2.75) is 142 Å². The number of ether oxygens (including phenoxy) is 1. The van der Waals surface area contributed by atoms with Gasteiger partial charge in [-0.2, -0.15) is 0 Å². The van der Waals surface area contributed by atoms with E-state index in [2.05, 4.69) is 48.1 Å². The Morgan fingerprint density at radius 1 is 0.558 bits per heavy atom. The normalized spacial score (nSPS) is 12.0. The summed E-state index contributed by atoms with van der Waals surface area (Å²) in [6, 6.07) is 16.5. The fraction of sp³-hybridized carbons (Fsp3) is 0.590. The molecule has 0 aliphatic heterocycles. The molecule has 3 nitrogen and oxygen atoms in total. The van der Waals surface area contributed by atoms with E-state index in [1.165, 1.54) is 102 Å². The summed E-state index contributed by atoms with van der Waals surface area (Å²) in [7, 11) is 0. The number of aryl methyl sites for hydroxylation is 1. The van der Waals surface area contributed by atoms with E-state index >= 15 is 0 Å². The molecule has 236 valence electrons. The van der Waals surface area contributed by atoms with Gasteiger partial charge in [0.05, 0.1) is 0 Å². The number of aromatic nitrogens is 2. The second-order valence-corrected chi connectivity index (χ2v) is 12.3. The lowest BCUT2D eigenvalue weighted by Gasteiger charge is -2.11. The van der Waals surface area contributed by atoms with E-state index < -0.39 is 6.17 Å². The van der Waals surface area contributed by atoms with E-state index in [1.807, 2.05) is 36.7 Å². The number of unbranched alkanes of at least 4 members (excludes halogenated alkanes) is 15. The molecule has 3 rings (SSSR count). The van der Waals surface area contributed by atoms with Gasteiger partial charge in [-0.25, -0.2) is 14.4 Å². The number of nitrogens with zero attached hydrogens (tertiary/aromatic N) is 2. The standard InChI is InChI=1S/C39H57FN2O/c1-3-5-7-9-11-12-13-15-16-18-20-33-22-24-34(25-23-33)36-30-41-39(42-31-36)35-26-28-38(29-27-35)43-32-37(40)21-19-17-14-10-8-6-4-2/h22-31,37H,3-21,32H2,1-2H3. The first-order chi connectivity index (χ1) is 21.2. The highest BCUT2D eigenvalue weighted by Gasteiger charge is 2.09. The molecule has 43 heavy (non-hydrogen) atoms. The first-order valence-corrected chi connectivity index (χ1v) is 17.5. The fourth-order valence-corrected chi connectivity index (χ4v) is 5.60. The van der Waals surface area contributed by atoms with Gasteiger partial charge in [0, 0.05) is 23.5 Å². The Kier molecular flexibility index (Phi) is 17.7. The van der Waals surface area contributed by atoms with Gasteiger partial charge in [-0.1, -0.05) is 141 Å². The fourth-order valence-electron chi connectivity index (χ4n) is 5.60. The molecule has 1 atom stereocenters. The van der Waals surface area contributed by atoms with Crippen molar-refractivity contribution in [3.63, 3.8) is 0 Å². The van der Waals surface area contributed by atoms with Crippen LogP contribution >= 0.6 is 0 Å². The molecule has 0 aliphatic carbocycles. The molecule has 0 aliphatic rings. The van der Waals surface area contributed by atoms with Crippen molar-refractivity contribution in [3.8, 4) is 28.3 Å². The zero-order chi connectivity index (χ0) is 30.4. The van der Waals surface area contributed by atoms with Crippen LogP contribution in [0.4, 0.5) is 4.39 Å². The number of halogens is 1. The van der Waals surface area contributed by atoms with Gasteiger partial charge in [-0.3, -0.25) is 0 Å². The van der Waals surface area contributed by atoms with Crippen molar-refractivity contribution in [1.29, 1.82) is 0 Å². The molecule has 0 radical (unpaired) electrons. The van der Waals surface area contributed by atoms with Crippen LogP contribution in [0.5, 0.6) is 5.75 Å². The van der Waals surface area contributed by atoms with Crippen LogP contribution in [0.15, 0.2) is 60.9 Å². The molecule has 0 N–H and O–H groups in total. The molecule has 0 fully saturated rings. The Balaban J connectivity index is 1.33. The summed E-state index contributed by atoms with van der Waals surface area (Å²) in [6.07, 6.45) is 26.7. The zero-order valence-electron chi connectivity index (χ0n) is 27.2. The van der Waals surface area contributed by atoms with Crippen molar-refractivity contribution in [3.05, 3.63) is 66.5 Å². The Labute approximate surface area is 262 Å². The lowest BCUT2D eigenvalue weighted by molar-refractivity contribution is 0.184. The van der Waals surface area contributed by atoms with Crippen LogP contribution in [0.2, 0.25) is 0 Å². The average molecular weight is 589 g/mol. The lowest BCUT2D eigenvalue weighted by Crippen LogP contribution is -2.12. The van der Waals surface area contributed by atoms with Crippen LogP contribution in [-0.2, 0) is 6.42 Å². The van der Waals surface area contributed by atoms with E-state index in [4.69, 9.17) is 4.74 Å². The van der Waals surface area contributed by atoms with Gasteiger partial charge < -0.3 is 4.74 Å². The van der Waals surface area contributed by atoms with Crippen molar-refractivity contribution in [2.75, 3.05) is 6.61 Å². The van der Waals surface area contributed by atoms with Gasteiger partial charge in [-0.05, 0) is 54.7 Å². The number of alkyl halides is 1. The Morgan fingerprint density at radius 2 is 1.05 bits per heavy atom. The van der Waals surface area contributed by atoms with Crippen LogP contribution in [0, 0.1) is 0 Å². The maximum Gasteiger partial charge on any atom is 0.159 e. The highest BCUT2D eigenvalue weighted by molar-refractivity contribution is 5.64. The van der Waals surface area contributed by atoms with Crippen LogP contribution in [0.25, 0.3) is 22.5 Å². The summed E-state index contributed by atoms with van der Waals surface area (Å²) in [5.41, 5.74) is 4.48. The van der Waals surface area contributed by atoms with Crippen LogP contribution in [-0.4, -0.2) is 22.7 Å². The van der Waals surface area contributed by atoms with Crippen molar-refractivity contribution >= 4 is 0 Å². The van der Waals surface area contributed by atoms with Crippen LogP contribution in [0.1, 0.15) is 135 Å². The second-order valence-electron chi connectivity index (χ2n) is 12.3. The predicted octanol–water partition coefficient (Wildman–Crippen LogP) is 12.1. The summed E-state index contributed by atoms with van der Waals surface area (Å²) in [6.45, 7) is 4.62. The molecular formula is C39H57FN2O. The monoisotopic (exact) mass is 588 g/mol. The number of benzene rings is 2. The van der Waals surface area contributed by atoms with Gasteiger partial charge in [0.2, 0.25) is 0 Å². The van der Waals surface area contributed by atoms with Crippen LogP contribution in [0.3, 0.4) is 0 Å². The average Bonchev–Trinajstić information content (AvgIpc) is 3.05. The van der Waals surface area contributed by atoms with Gasteiger partial charge in [0.1, 0.15) is 18.5 Å². The third-order valence-electron chi connectivity index (χ3n) is 8.42. The Morgan fingerprint density at radius 3 is 1.60 bits per heavy atom.